The van der Waals surface area contributed by atoms with Crippen molar-refractivity contribution < 1.29 is 14.7 Å². The number of hydrogen-bond acceptors (Lipinski definition) is 4. The molecule has 1 unspecified atom stereocenters. The maximum Gasteiger partial charge on any atom is 0.234 e. The molecule has 9 atom stereocenters. The van der Waals surface area contributed by atoms with Crippen molar-refractivity contribution in [1.82, 2.24) is 14.9 Å². The summed E-state index contributed by atoms with van der Waals surface area (Å²) in [6, 6.07) is 10.2. The molecular formula is C43H59N3O3. The van der Waals surface area contributed by atoms with E-state index in [1.165, 1.54) is 5.57 Å². The molecule has 5 aliphatic carbocycles. The van der Waals surface area contributed by atoms with Crippen LogP contribution in [0, 0.1) is 50.7 Å². The number of nitrogens with one attached hydrogen (secondary N) is 1. The minimum atomic E-state index is -0.737. The number of hydrogen-bond donors (Lipinski definition) is 2. The Labute approximate surface area is 293 Å². The number of aliphatic hydroxyl groups is 1. The molecule has 6 aliphatic rings. The van der Waals surface area contributed by atoms with E-state index in [1.54, 1.807) is 0 Å². The maximum absolute atomic E-state index is 15.3. The lowest BCUT2D eigenvalue weighted by atomic mass is 9.33. The summed E-state index contributed by atoms with van der Waals surface area (Å²) in [6.45, 7) is 17.4. The third-order valence-corrected chi connectivity index (χ3v) is 16.3. The molecule has 1 saturated heterocycles. The molecule has 1 amide bonds. The van der Waals surface area contributed by atoms with Crippen LogP contribution in [0.1, 0.15) is 131 Å². The standard InChI is InChI=1S/C43H59N3O3/c1-26(2)35-31(47)24-43(38(49)46-23-11-14-30(46)37-44-25-29(45-37)27-12-9-8-10-13-27)22-21-41(6)28(36(35)43)15-16-33-40(5)19-18-34(48)39(3,4)32(40)17-20-42(33,41)7/h8-10,12-13,25-26,28,30,32-34,48H,11,14-24H2,1-7H3,(H,44,45)/t28-,30?,32+,33-,34+,40+,41-,42-,43-/m1/s1. The number of fused-ring (bicyclic) bond motifs is 7. The zero-order valence-electron chi connectivity index (χ0n) is 31.1. The normalized spacial score (nSPS) is 41.4. The second-order valence-corrected chi connectivity index (χ2v) is 18.9. The van der Waals surface area contributed by atoms with Gasteiger partial charge in [0.2, 0.25) is 5.91 Å². The van der Waals surface area contributed by atoms with Crippen molar-refractivity contribution in [3.05, 3.63) is 53.5 Å². The zero-order valence-corrected chi connectivity index (χ0v) is 31.1. The summed E-state index contributed by atoms with van der Waals surface area (Å²) in [7, 11) is 0. The smallest absolute Gasteiger partial charge is 0.234 e. The van der Waals surface area contributed by atoms with Gasteiger partial charge in [0.05, 0.1) is 29.5 Å². The molecule has 0 radical (unpaired) electrons. The van der Waals surface area contributed by atoms with Crippen LogP contribution in [0.3, 0.4) is 0 Å². The highest BCUT2D eigenvalue weighted by Gasteiger charge is 2.71. The molecule has 49 heavy (non-hydrogen) atoms. The number of likely N-dealkylation sites (tertiary alicyclic amines) is 1. The predicted molar refractivity (Wildman–Crippen MR) is 193 cm³/mol. The molecule has 2 N–H and O–H groups in total. The first kappa shape index (κ1) is 33.4. The first-order valence-electron chi connectivity index (χ1n) is 19.6. The highest BCUT2D eigenvalue weighted by molar-refractivity contribution is 6.07. The van der Waals surface area contributed by atoms with E-state index in [2.05, 4.69) is 70.5 Å². The third kappa shape index (κ3) is 4.43. The number of Topliss-reactive ketones (excluding diaryl/α,β-unsaturated/α-hetero) is 1. The fourth-order valence-corrected chi connectivity index (χ4v) is 13.7. The Morgan fingerprint density at radius 3 is 2.41 bits per heavy atom. The van der Waals surface area contributed by atoms with Gasteiger partial charge in [0.25, 0.3) is 0 Å². The van der Waals surface area contributed by atoms with E-state index in [0.29, 0.717) is 24.8 Å². The summed E-state index contributed by atoms with van der Waals surface area (Å²) in [5, 5.41) is 11.1. The van der Waals surface area contributed by atoms with Gasteiger partial charge < -0.3 is 15.0 Å². The van der Waals surface area contributed by atoms with E-state index in [-0.39, 0.29) is 57.3 Å². The average molecular weight is 666 g/mol. The summed E-state index contributed by atoms with van der Waals surface area (Å²) < 4.78 is 0. The minimum Gasteiger partial charge on any atom is -0.393 e. The number of carbonyl (C=O) groups excluding carboxylic acids is 2. The van der Waals surface area contributed by atoms with Gasteiger partial charge >= 0.3 is 0 Å². The zero-order chi connectivity index (χ0) is 34.7. The summed E-state index contributed by atoms with van der Waals surface area (Å²) in [4.78, 5) is 40.1. The SMILES string of the molecule is CC(C)C1=C2[C@H]3CC[C@@H]4[C@@]5(C)CC[C@H](O)C(C)(C)[C@@H]5CC[C@@]4(C)[C@]3(C)CC[C@@]2(C(=O)N2CCCC2c2ncc(-c3ccccc3)[nH]2)CC1=O. The molecule has 5 fully saturated rings. The molecule has 1 aromatic heterocycles. The van der Waals surface area contributed by atoms with E-state index in [1.807, 2.05) is 24.4 Å². The molecular weight excluding hydrogens is 606 g/mol. The van der Waals surface area contributed by atoms with Crippen molar-refractivity contribution in [2.24, 2.45) is 50.7 Å². The molecule has 0 spiro atoms. The van der Waals surface area contributed by atoms with Crippen molar-refractivity contribution in [3.8, 4) is 11.3 Å². The van der Waals surface area contributed by atoms with Crippen molar-refractivity contribution >= 4 is 11.7 Å². The number of rotatable bonds is 4. The topological polar surface area (TPSA) is 86.3 Å². The Morgan fingerprint density at radius 1 is 0.918 bits per heavy atom. The fraction of sp³-hybridized carbons (Fsp3) is 0.698. The quantitative estimate of drug-likeness (QED) is 0.341. The van der Waals surface area contributed by atoms with E-state index < -0.39 is 5.41 Å². The predicted octanol–water partition coefficient (Wildman–Crippen LogP) is 9.08. The minimum absolute atomic E-state index is 0.0178. The Bertz CT molecular complexity index is 1690. The number of aliphatic hydroxyl groups excluding tert-OH is 1. The molecule has 1 aliphatic heterocycles. The molecule has 2 heterocycles. The number of H-pyrrole nitrogens is 1. The number of amides is 1. The van der Waals surface area contributed by atoms with E-state index in [4.69, 9.17) is 4.98 Å². The monoisotopic (exact) mass is 665 g/mol. The number of ketones is 1. The van der Waals surface area contributed by atoms with Crippen LogP contribution in [0.4, 0.5) is 0 Å². The molecule has 1 aromatic carbocycles. The van der Waals surface area contributed by atoms with Crippen LogP contribution >= 0.6 is 0 Å². The van der Waals surface area contributed by atoms with Crippen LogP contribution in [0.25, 0.3) is 11.3 Å². The number of allylic oxidation sites excluding steroid dienone is 1. The molecule has 8 rings (SSSR count). The number of nitrogens with zero attached hydrogens (tertiary/aromatic N) is 2. The van der Waals surface area contributed by atoms with Gasteiger partial charge in [-0.1, -0.05) is 78.8 Å². The molecule has 6 heteroatoms. The van der Waals surface area contributed by atoms with Crippen LogP contribution in [0.15, 0.2) is 47.7 Å². The Kier molecular flexibility index (Phi) is 7.59. The first-order valence-corrected chi connectivity index (χ1v) is 19.6. The lowest BCUT2D eigenvalue weighted by molar-refractivity contribution is -0.228. The summed E-state index contributed by atoms with van der Waals surface area (Å²) in [5.41, 5.74) is 3.81. The molecule has 2 aromatic rings. The largest absolute Gasteiger partial charge is 0.393 e. The average Bonchev–Trinajstić information content (AvgIpc) is 3.81. The summed E-state index contributed by atoms with van der Waals surface area (Å²) in [5.74, 6) is 2.70. The third-order valence-electron chi connectivity index (χ3n) is 16.3. The van der Waals surface area contributed by atoms with Gasteiger partial charge in [-0.05, 0) is 126 Å². The van der Waals surface area contributed by atoms with Crippen molar-refractivity contribution in [1.29, 1.82) is 0 Å². The lowest BCUT2D eigenvalue weighted by Gasteiger charge is -2.72. The highest BCUT2D eigenvalue weighted by atomic mass is 16.3. The molecule has 4 saturated carbocycles. The van der Waals surface area contributed by atoms with Crippen LogP contribution in [0.5, 0.6) is 0 Å². The van der Waals surface area contributed by atoms with E-state index >= 15 is 4.79 Å². The van der Waals surface area contributed by atoms with Crippen molar-refractivity contribution in [3.63, 3.8) is 0 Å². The van der Waals surface area contributed by atoms with Crippen LogP contribution in [-0.2, 0) is 9.59 Å². The number of aromatic amines is 1. The van der Waals surface area contributed by atoms with Gasteiger partial charge in [-0.2, -0.15) is 0 Å². The van der Waals surface area contributed by atoms with Gasteiger partial charge in [-0.25, -0.2) is 4.98 Å². The number of benzene rings is 1. The fourth-order valence-electron chi connectivity index (χ4n) is 13.7. The van der Waals surface area contributed by atoms with E-state index in [9.17, 15) is 9.90 Å². The summed E-state index contributed by atoms with van der Waals surface area (Å²) >= 11 is 0. The van der Waals surface area contributed by atoms with Crippen molar-refractivity contribution in [2.45, 2.75) is 131 Å². The van der Waals surface area contributed by atoms with Gasteiger partial charge in [0.15, 0.2) is 5.78 Å². The first-order chi connectivity index (χ1) is 23.2. The second-order valence-electron chi connectivity index (χ2n) is 18.9. The van der Waals surface area contributed by atoms with Crippen LogP contribution in [-0.4, -0.2) is 44.3 Å². The molecule has 6 nitrogen and oxygen atoms in total. The Balaban J connectivity index is 1.16. The Morgan fingerprint density at radius 2 is 1.67 bits per heavy atom. The highest BCUT2D eigenvalue weighted by Crippen LogP contribution is 2.76. The van der Waals surface area contributed by atoms with Gasteiger partial charge in [-0.3, -0.25) is 9.59 Å². The molecule has 264 valence electrons. The van der Waals surface area contributed by atoms with Crippen molar-refractivity contribution in [2.75, 3.05) is 6.54 Å². The van der Waals surface area contributed by atoms with Crippen LogP contribution in [0.2, 0.25) is 0 Å². The summed E-state index contributed by atoms with van der Waals surface area (Å²) in [6.07, 6.45) is 12.1. The second kappa shape index (κ2) is 11.1. The van der Waals surface area contributed by atoms with Crippen LogP contribution < -0.4 is 0 Å². The van der Waals surface area contributed by atoms with E-state index in [0.717, 1.165) is 86.9 Å². The number of imidazole rings is 1. The van der Waals surface area contributed by atoms with Gasteiger partial charge in [0.1, 0.15) is 5.82 Å². The molecule has 0 bridgehead atoms. The van der Waals surface area contributed by atoms with Gasteiger partial charge in [-0.15, -0.1) is 0 Å². The maximum atomic E-state index is 15.3. The Hall–Kier alpha value is -2.73. The lowest BCUT2D eigenvalue weighted by Crippen LogP contribution is -2.66. The van der Waals surface area contributed by atoms with Gasteiger partial charge in [0, 0.05) is 13.0 Å². The number of aromatic nitrogens is 2. The number of carbonyl (C=O) groups is 2.